The Morgan fingerprint density at radius 3 is 2.17 bits per heavy atom. The Morgan fingerprint density at radius 1 is 1.11 bits per heavy atom. The van der Waals surface area contributed by atoms with E-state index in [-0.39, 0.29) is 0 Å². The highest BCUT2D eigenvalue weighted by Gasteiger charge is 2.44. The molecule has 1 aromatic rings. The Kier molecular flexibility index (Phi) is 4.61. The largest absolute Gasteiger partial charge is 0.408 e. The lowest BCUT2D eigenvalue weighted by atomic mass is 10.0. The number of nitrogens with zero attached hydrogens (tertiary/aromatic N) is 1. The van der Waals surface area contributed by atoms with Gasteiger partial charge in [-0.25, -0.2) is 0 Å². The number of hydrogen-bond acceptors (Lipinski definition) is 2. The summed E-state index contributed by atoms with van der Waals surface area (Å²) in [6.45, 7) is 0.982. The van der Waals surface area contributed by atoms with Crippen molar-refractivity contribution in [1.29, 1.82) is 0 Å². The van der Waals surface area contributed by atoms with Crippen molar-refractivity contribution in [2.24, 2.45) is 0 Å². The van der Waals surface area contributed by atoms with E-state index < -0.39 is 12.2 Å². The molecule has 1 fully saturated rings. The van der Waals surface area contributed by atoms with E-state index in [1.54, 1.807) is 36.0 Å². The Labute approximate surface area is 117 Å². The van der Waals surface area contributed by atoms with Gasteiger partial charge in [-0.1, -0.05) is 28.1 Å². The van der Waals surface area contributed by atoms with Crippen LogP contribution in [0.15, 0.2) is 28.7 Å². The molecule has 100 valence electrons. The summed E-state index contributed by atoms with van der Waals surface area (Å²) in [6.07, 6.45) is -4.23. The van der Waals surface area contributed by atoms with Gasteiger partial charge in [-0.2, -0.15) is 24.9 Å². The molecular weight excluding hydrogens is 327 g/mol. The Morgan fingerprint density at radius 2 is 1.67 bits per heavy atom. The van der Waals surface area contributed by atoms with Crippen LogP contribution in [-0.2, 0) is 0 Å². The van der Waals surface area contributed by atoms with Gasteiger partial charge in [0.15, 0.2) is 0 Å². The molecule has 1 aliphatic heterocycles. The molecule has 0 amide bonds. The van der Waals surface area contributed by atoms with Gasteiger partial charge in [0, 0.05) is 29.1 Å². The Hall–Kier alpha value is -0.200. The van der Waals surface area contributed by atoms with Gasteiger partial charge in [0.2, 0.25) is 0 Å². The maximum atomic E-state index is 13.2. The summed E-state index contributed by atoms with van der Waals surface area (Å²) in [6, 6.07) is 4.93. The fourth-order valence-electron chi connectivity index (χ4n) is 2.09. The minimum absolute atomic E-state index is 0.317. The van der Waals surface area contributed by atoms with Crippen LogP contribution in [-0.4, -0.2) is 35.7 Å². The normalized spacial score (nSPS) is 19.8. The second-order valence-corrected chi connectivity index (χ2v) is 6.28. The van der Waals surface area contributed by atoms with Crippen molar-refractivity contribution < 1.29 is 13.2 Å². The maximum Gasteiger partial charge on any atom is 0.408 e. The number of thioether (sulfide) groups is 1. The van der Waals surface area contributed by atoms with Crippen LogP contribution in [0.3, 0.4) is 0 Å². The molecule has 0 bridgehead atoms. The van der Waals surface area contributed by atoms with Crippen molar-refractivity contribution in [3.63, 3.8) is 0 Å². The molecule has 1 heterocycles. The van der Waals surface area contributed by atoms with E-state index in [1.165, 1.54) is 4.90 Å². The van der Waals surface area contributed by atoms with Crippen molar-refractivity contribution in [2.45, 2.75) is 12.2 Å². The number of alkyl halides is 3. The average molecular weight is 340 g/mol. The van der Waals surface area contributed by atoms with E-state index in [0.29, 0.717) is 18.7 Å². The number of halogens is 4. The van der Waals surface area contributed by atoms with Gasteiger partial charge in [-0.3, -0.25) is 4.90 Å². The maximum absolute atomic E-state index is 13.2. The third-order valence-electron chi connectivity index (χ3n) is 2.91. The van der Waals surface area contributed by atoms with Crippen LogP contribution < -0.4 is 0 Å². The van der Waals surface area contributed by atoms with Gasteiger partial charge in [0.25, 0.3) is 0 Å². The standard InChI is InChI=1S/C12H13BrF3NS/c13-10-3-1-9(2-4-10)11(12(14,15)16)17-5-7-18-8-6-17/h1-4,11H,5-8H2. The monoisotopic (exact) mass is 339 g/mol. The van der Waals surface area contributed by atoms with E-state index in [9.17, 15) is 13.2 Å². The summed E-state index contributed by atoms with van der Waals surface area (Å²) in [7, 11) is 0. The van der Waals surface area contributed by atoms with Gasteiger partial charge in [-0.15, -0.1) is 0 Å². The highest BCUT2D eigenvalue weighted by molar-refractivity contribution is 9.10. The third-order valence-corrected chi connectivity index (χ3v) is 4.38. The van der Waals surface area contributed by atoms with Crippen LogP contribution >= 0.6 is 27.7 Å². The van der Waals surface area contributed by atoms with Crippen LogP contribution in [0.5, 0.6) is 0 Å². The molecular formula is C12H13BrF3NS. The highest BCUT2D eigenvalue weighted by Crippen LogP contribution is 2.38. The van der Waals surface area contributed by atoms with Crippen LogP contribution in [0.25, 0.3) is 0 Å². The SMILES string of the molecule is FC(F)(F)C(c1ccc(Br)cc1)N1CCSCC1. The van der Waals surface area contributed by atoms with Crippen LogP contribution in [0.1, 0.15) is 11.6 Å². The molecule has 1 atom stereocenters. The van der Waals surface area contributed by atoms with E-state index >= 15 is 0 Å². The first kappa shape index (κ1) is 14.2. The quantitative estimate of drug-likeness (QED) is 0.797. The molecule has 1 saturated heterocycles. The average Bonchev–Trinajstić information content (AvgIpc) is 2.32. The fraction of sp³-hybridized carbons (Fsp3) is 0.500. The van der Waals surface area contributed by atoms with Crippen molar-refractivity contribution in [2.75, 3.05) is 24.6 Å². The first-order valence-corrected chi connectivity index (χ1v) is 7.57. The van der Waals surface area contributed by atoms with Crippen LogP contribution in [0, 0.1) is 0 Å². The number of hydrogen-bond donors (Lipinski definition) is 0. The van der Waals surface area contributed by atoms with Gasteiger partial charge >= 0.3 is 6.18 Å². The molecule has 1 aromatic carbocycles. The molecule has 0 radical (unpaired) electrons. The summed E-state index contributed by atoms with van der Waals surface area (Å²) < 4.78 is 40.5. The summed E-state index contributed by atoms with van der Waals surface area (Å²) in [5.41, 5.74) is 0.317. The third kappa shape index (κ3) is 3.42. The van der Waals surface area contributed by atoms with E-state index in [1.807, 2.05) is 0 Å². The first-order chi connectivity index (χ1) is 8.48. The molecule has 0 N–H and O–H groups in total. The van der Waals surface area contributed by atoms with Gasteiger partial charge in [0.05, 0.1) is 0 Å². The molecule has 0 aliphatic carbocycles. The summed E-state index contributed by atoms with van der Waals surface area (Å²) >= 11 is 4.95. The van der Waals surface area contributed by atoms with Crippen molar-refractivity contribution in [3.05, 3.63) is 34.3 Å². The molecule has 6 heteroatoms. The summed E-state index contributed by atoms with van der Waals surface area (Å²) in [5, 5.41) is 0. The highest BCUT2D eigenvalue weighted by atomic mass is 79.9. The zero-order valence-corrected chi connectivity index (χ0v) is 12.0. The molecule has 0 spiro atoms. The van der Waals surface area contributed by atoms with E-state index in [0.717, 1.165) is 16.0 Å². The lowest BCUT2D eigenvalue weighted by Gasteiger charge is -2.35. The molecule has 0 aromatic heterocycles. The molecule has 1 nitrogen and oxygen atoms in total. The van der Waals surface area contributed by atoms with Gasteiger partial charge in [-0.05, 0) is 17.7 Å². The smallest absolute Gasteiger partial charge is 0.287 e. The molecule has 0 saturated carbocycles. The Bertz CT molecular complexity index is 387. The molecule has 2 rings (SSSR count). The summed E-state index contributed by atoms with van der Waals surface area (Å²) in [4.78, 5) is 1.53. The zero-order valence-electron chi connectivity index (χ0n) is 9.58. The van der Waals surface area contributed by atoms with Crippen molar-refractivity contribution in [3.8, 4) is 0 Å². The predicted molar refractivity (Wildman–Crippen MR) is 71.8 cm³/mol. The van der Waals surface area contributed by atoms with Gasteiger partial charge < -0.3 is 0 Å². The van der Waals surface area contributed by atoms with E-state index in [4.69, 9.17) is 0 Å². The number of benzene rings is 1. The molecule has 1 aliphatic rings. The summed E-state index contributed by atoms with van der Waals surface area (Å²) in [5.74, 6) is 1.53. The van der Waals surface area contributed by atoms with Crippen LogP contribution in [0.2, 0.25) is 0 Å². The fourth-order valence-corrected chi connectivity index (χ4v) is 3.28. The predicted octanol–water partition coefficient (Wildman–Crippen LogP) is 4.10. The second-order valence-electron chi connectivity index (χ2n) is 4.14. The van der Waals surface area contributed by atoms with Crippen molar-refractivity contribution >= 4 is 27.7 Å². The Balaban J connectivity index is 2.27. The minimum Gasteiger partial charge on any atom is -0.287 e. The van der Waals surface area contributed by atoms with E-state index in [2.05, 4.69) is 15.9 Å². The lowest BCUT2D eigenvalue weighted by molar-refractivity contribution is -0.185. The molecule has 18 heavy (non-hydrogen) atoms. The van der Waals surface area contributed by atoms with Crippen molar-refractivity contribution in [1.82, 2.24) is 4.90 Å². The lowest BCUT2D eigenvalue weighted by Crippen LogP contribution is -2.42. The zero-order chi connectivity index (χ0) is 13.2. The number of rotatable bonds is 2. The topological polar surface area (TPSA) is 3.24 Å². The second kappa shape index (κ2) is 5.84. The van der Waals surface area contributed by atoms with Gasteiger partial charge in [0.1, 0.15) is 6.04 Å². The van der Waals surface area contributed by atoms with Crippen LogP contribution in [0.4, 0.5) is 13.2 Å². The first-order valence-electron chi connectivity index (χ1n) is 5.62. The molecule has 1 unspecified atom stereocenters. The minimum atomic E-state index is -4.23.